The van der Waals surface area contributed by atoms with E-state index in [9.17, 15) is 9.59 Å². The van der Waals surface area contributed by atoms with E-state index in [0.29, 0.717) is 28.4 Å². The Balaban J connectivity index is 2.26. The van der Waals surface area contributed by atoms with Gasteiger partial charge in [-0.2, -0.15) is 0 Å². The smallest absolute Gasteiger partial charge is 0.255 e. The SMILES string of the molecule is CCCNC(=O)c1ccc(Cl)cc1NC(=O)c1ccnc(Cl)c1. The summed E-state index contributed by atoms with van der Waals surface area (Å²) in [4.78, 5) is 28.3. The average molecular weight is 352 g/mol. The number of anilines is 1. The summed E-state index contributed by atoms with van der Waals surface area (Å²) in [6, 6.07) is 7.67. The Morgan fingerprint density at radius 1 is 1.13 bits per heavy atom. The van der Waals surface area contributed by atoms with E-state index < -0.39 is 5.91 Å². The van der Waals surface area contributed by atoms with Crippen LogP contribution in [0.15, 0.2) is 36.5 Å². The van der Waals surface area contributed by atoms with Crippen molar-refractivity contribution in [1.82, 2.24) is 10.3 Å². The van der Waals surface area contributed by atoms with Crippen molar-refractivity contribution in [1.29, 1.82) is 0 Å². The summed E-state index contributed by atoms with van der Waals surface area (Å²) in [7, 11) is 0. The maximum atomic E-state index is 12.3. The van der Waals surface area contributed by atoms with Gasteiger partial charge in [0.2, 0.25) is 0 Å². The number of halogens is 2. The molecule has 2 aromatic rings. The highest BCUT2D eigenvalue weighted by molar-refractivity contribution is 6.31. The molecule has 0 aliphatic heterocycles. The summed E-state index contributed by atoms with van der Waals surface area (Å²) in [6.07, 6.45) is 2.25. The zero-order valence-corrected chi connectivity index (χ0v) is 13.9. The minimum absolute atomic E-state index is 0.213. The van der Waals surface area contributed by atoms with Crippen LogP contribution in [0.1, 0.15) is 34.1 Å². The number of hydrogen-bond donors (Lipinski definition) is 2. The van der Waals surface area contributed by atoms with Crippen LogP contribution in [0.3, 0.4) is 0 Å². The summed E-state index contributed by atoms with van der Waals surface area (Å²) >= 11 is 11.7. The van der Waals surface area contributed by atoms with Crippen LogP contribution in [0.25, 0.3) is 0 Å². The van der Waals surface area contributed by atoms with E-state index in [1.807, 2.05) is 6.92 Å². The largest absolute Gasteiger partial charge is 0.352 e. The molecule has 0 spiro atoms. The number of carbonyl (C=O) groups is 2. The van der Waals surface area contributed by atoms with E-state index in [2.05, 4.69) is 15.6 Å². The number of nitrogens with zero attached hydrogens (tertiary/aromatic N) is 1. The maximum Gasteiger partial charge on any atom is 0.255 e. The predicted molar refractivity (Wildman–Crippen MR) is 91.3 cm³/mol. The average Bonchev–Trinajstić information content (AvgIpc) is 2.52. The van der Waals surface area contributed by atoms with Gasteiger partial charge in [0.15, 0.2) is 0 Å². The van der Waals surface area contributed by atoms with Gasteiger partial charge in [0.25, 0.3) is 11.8 Å². The molecule has 1 heterocycles. The lowest BCUT2D eigenvalue weighted by Gasteiger charge is -2.12. The predicted octanol–water partition coefficient (Wildman–Crippen LogP) is 3.78. The Hall–Kier alpha value is -2.11. The molecule has 5 nitrogen and oxygen atoms in total. The van der Waals surface area contributed by atoms with E-state index in [-0.39, 0.29) is 11.1 Å². The fraction of sp³-hybridized carbons (Fsp3) is 0.188. The molecule has 120 valence electrons. The third kappa shape index (κ3) is 4.68. The summed E-state index contributed by atoms with van der Waals surface area (Å²) in [6.45, 7) is 2.51. The lowest BCUT2D eigenvalue weighted by Crippen LogP contribution is -2.25. The molecular formula is C16H15Cl2N3O2. The number of nitrogens with one attached hydrogen (secondary N) is 2. The van der Waals surface area contributed by atoms with Crippen molar-refractivity contribution in [2.75, 3.05) is 11.9 Å². The van der Waals surface area contributed by atoms with Gasteiger partial charge < -0.3 is 10.6 Å². The fourth-order valence-electron chi connectivity index (χ4n) is 1.89. The van der Waals surface area contributed by atoms with Crippen LogP contribution in [-0.4, -0.2) is 23.3 Å². The fourth-order valence-corrected chi connectivity index (χ4v) is 2.24. The van der Waals surface area contributed by atoms with E-state index in [4.69, 9.17) is 23.2 Å². The van der Waals surface area contributed by atoms with Crippen LogP contribution in [-0.2, 0) is 0 Å². The third-order valence-corrected chi connectivity index (χ3v) is 3.44. The molecule has 0 radical (unpaired) electrons. The Bertz CT molecular complexity index is 735. The molecule has 2 amide bonds. The number of benzene rings is 1. The standard InChI is InChI=1S/C16H15Cl2N3O2/c1-2-6-20-16(23)12-4-3-11(17)9-13(12)21-15(22)10-5-7-19-14(18)8-10/h3-5,7-9H,2,6H2,1H3,(H,20,23)(H,21,22). The molecule has 0 aliphatic carbocycles. The highest BCUT2D eigenvalue weighted by atomic mass is 35.5. The monoisotopic (exact) mass is 351 g/mol. The highest BCUT2D eigenvalue weighted by Gasteiger charge is 2.15. The van der Waals surface area contributed by atoms with Crippen LogP contribution in [0.2, 0.25) is 10.2 Å². The van der Waals surface area contributed by atoms with Gasteiger partial charge in [-0.25, -0.2) is 4.98 Å². The molecule has 0 atom stereocenters. The van der Waals surface area contributed by atoms with Crippen molar-refractivity contribution in [3.05, 3.63) is 57.8 Å². The number of rotatable bonds is 5. The van der Waals surface area contributed by atoms with Crippen LogP contribution in [0.5, 0.6) is 0 Å². The molecule has 1 aromatic heterocycles. The van der Waals surface area contributed by atoms with Crippen LogP contribution < -0.4 is 10.6 Å². The summed E-state index contributed by atoms with van der Waals surface area (Å²) < 4.78 is 0. The molecular weight excluding hydrogens is 337 g/mol. The van der Waals surface area contributed by atoms with Gasteiger partial charge >= 0.3 is 0 Å². The summed E-state index contributed by atoms with van der Waals surface area (Å²) in [5, 5.41) is 6.08. The molecule has 0 aliphatic rings. The zero-order valence-electron chi connectivity index (χ0n) is 12.4. The molecule has 2 N–H and O–H groups in total. The van der Waals surface area contributed by atoms with Gasteiger partial charge in [-0.3, -0.25) is 9.59 Å². The Morgan fingerprint density at radius 2 is 1.91 bits per heavy atom. The molecule has 0 unspecified atom stereocenters. The number of hydrogen-bond acceptors (Lipinski definition) is 3. The van der Waals surface area contributed by atoms with Crippen LogP contribution in [0, 0.1) is 0 Å². The molecule has 0 fully saturated rings. The van der Waals surface area contributed by atoms with Crippen molar-refractivity contribution < 1.29 is 9.59 Å². The Morgan fingerprint density at radius 3 is 2.61 bits per heavy atom. The van der Waals surface area contributed by atoms with Crippen molar-refractivity contribution in [3.8, 4) is 0 Å². The molecule has 0 saturated heterocycles. The van der Waals surface area contributed by atoms with Gasteiger partial charge in [-0.15, -0.1) is 0 Å². The molecule has 1 aromatic carbocycles. The van der Waals surface area contributed by atoms with Crippen molar-refractivity contribution in [3.63, 3.8) is 0 Å². The molecule has 0 saturated carbocycles. The summed E-state index contributed by atoms with van der Waals surface area (Å²) in [5.41, 5.74) is 1.02. The lowest BCUT2D eigenvalue weighted by molar-refractivity contribution is 0.0954. The van der Waals surface area contributed by atoms with E-state index in [0.717, 1.165) is 6.42 Å². The Labute approximate surface area is 144 Å². The van der Waals surface area contributed by atoms with Gasteiger partial charge in [0, 0.05) is 23.3 Å². The van der Waals surface area contributed by atoms with E-state index in [1.165, 1.54) is 24.4 Å². The Kier molecular flexibility index (Phi) is 5.96. The number of amides is 2. The van der Waals surface area contributed by atoms with Gasteiger partial charge in [-0.05, 0) is 36.8 Å². The summed E-state index contributed by atoms with van der Waals surface area (Å²) in [5.74, 6) is -0.673. The first-order chi connectivity index (χ1) is 11.0. The van der Waals surface area contributed by atoms with E-state index >= 15 is 0 Å². The second-order valence-electron chi connectivity index (χ2n) is 4.77. The van der Waals surface area contributed by atoms with Gasteiger partial charge in [0.05, 0.1) is 11.3 Å². The second kappa shape index (κ2) is 7.94. The first-order valence-electron chi connectivity index (χ1n) is 7.02. The highest BCUT2D eigenvalue weighted by Crippen LogP contribution is 2.22. The van der Waals surface area contributed by atoms with Crippen molar-refractivity contribution in [2.45, 2.75) is 13.3 Å². The molecule has 7 heteroatoms. The molecule has 23 heavy (non-hydrogen) atoms. The minimum atomic E-state index is -0.402. The second-order valence-corrected chi connectivity index (χ2v) is 5.59. The van der Waals surface area contributed by atoms with Gasteiger partial charge in [0.1, 0.15) is 5.15 Å². The quantitative estimate of drug-likeness (QED) is 0.805. The number of aromatic nitrogens is 1. The van der Waals surface area contributed by atoms with Crippen molar-refractivity contribution in [2.24, 2.45) is 0 Å². The van der Waals surface area contributed by atoms with Crippen molar-refractivity contribution >= 4 is 40.7 Å². The molecule has 2 rings (SSSR count). The van der Waals surface area contributed by atoms with Gasteiger partial charge in [-0.1, -0.05) is 30.1 Å². The molecule has 0 bridgehead atoms. The topological polar surface area (TPSA) is 71.1 Å². The number of pyridine rings is 1. The maximum absolute atomic E-state index is 12.3. The lowest BCUT2D eigenvalue weighted by atomic mass is 10.1. The third-order valence-electron chi connectivity index (χ3n) is 3.00. The van der Waals surface area contributed by atoms with Crippen LogP contribution in [0.4, 0.5) is 5.69 Å². The van der Waals surface area contributed by atoms with Crippen LogP contribution >= 0.6 is 23.2 Å². The van der Waals surface area contributed by atoms with E-state index in [1.54, 1.807) is 12.1 Å². The first kappa shape index (κ1) is 17.2. The minimum Gasteiger partial charge on any atom is -0.352 e. The first-order valence-corrected chi connectivity index (χ1v) is 7.77. The normalized spacial score (nSPS) is 10.2. The number of carbonyl (C=O) groups excluding carboxylic acids is 2. The zero-order chi connectivity index (χ0) is 16.8.